The quantitative estimate of drug-likeness (QED) is 0.0882. The highest BCUT2D eigenvalue weighted by atomic mass is 32.3. The molecule has 200 valence electrons. The van der Waals surface area contributed by atoms with Gasteiger partial charge in [-0.3, -0.25) is 8.37 Å². The van der Waals surface area contributed by atoms with E-state index in [9.17, 15) is 16.8 Å². The van der Waals surface area contributed by atoms with Gasteiger partial charge in [-0.05, 0) is 12.8 Å². The van der Waals surface area contributed by atoms with E-state index in [0.29, 0.717) is 12.8 Å². The van der Waals surface area contributed by atoms with Crippen molar-refractivity contribution in [2.24, 2.45) is 0 Å². The first-order valence-corrected chi connectivity index (χ1v) is 16.7. The van der Waals surface area contributed by atoms with E-state index in [-0.39, 0.29) is 13.2 Å². The van der Waals surface area contributed by atoms with Gasteiger partial charge in [0, 0.05) is 0 Å². The Balaban J connectivity index is 3.67. The lowest BCUT2D eigenvalue weighted by molar-refractivity contribution is 0.298. The van der Waals surface area contributed by atoms with Gasteiger partial charge in [0.2, 0.25) is 5.08 Å². The smallest absolute Gasteiger partial charge is 0.269 e. The van der Waals surface area contributed by atoms with Gasteiger partial charge in [-0.15, -0.1) is 0 Å². The van der Waals surface area contributed by atoms with Crippen molar-refractivity contribution in [1.29, 1.82) is 0 Å². The summed E-state index contributed by atoms with van der Waals surface area (Å²) in [6.07, 6.45) is 22.8. The molecule has 0 aliphatic carbocycles. The summed E-state index contributed by atoms with van der Waals surface area (Å²) in [6.45, 7) is 4.49. The molecule has 0 aromatic rings. The number of hydrogen-bond donors (Lipinski definition) is 0. The van der Waals surface area contributed by atoms with E-state index in [4.69, 9.17) is 8.37 Å². The first-order valence-electron chi connectivity index (χ1n) is 13.6. The Bertz CT molecular complexity index is 563. The van der Waals surface area contributed by atoms with Crippen LogP contribution in [0.25, 0.3) is 0 Å². The molecule has 0 aliphatic heterocycles. The predicted octanol–water partition coefficient (Wildman–Crippen LogP) is 7.48. The first kappa shape index (κ1) is 32.8. The van der Waals surface area contributed by atoms with Crippen molar-refractivity contribution in [3.8, 4) is 0 Å². The van der Waals surface area contributed by atoms with Crippen LogP contribution in [0.2, 0.25) is 0 Å². The molecule has 0 saturated heterocycles. The SMILES string of the molecule is CCCCCCCCCCCCOS(=O)(=O)CS(=O)(=O)OCCCCCCCCCCCC. The lowest BCUT2D eigenvalue weighted by Gasteiger charge is -2.08. The van der Waals surface area contributed by atoms with Crippen LogP contribution in [-0.4, -0.2) is 35.1 Å². The monoisotopic (exact) mass is 512 g/mol. The Hall–Kier alpha value is -0.180. The third-order valence-electron chi connectivity index (χ3n) is 5.81. The van der Waals surface area contributed by atoms with Crippen molar-refractivity contribution in [2.75, 3.05) is 18.3 Å². The highest BCUT2D eigenvalue weighted by Gasteiger charge is 2.23. The molecular weight excluding hydrogens is 460 g/mol. The van der Waals surface area contributed by atoms with Crippen molar-refractivity contribution in [3.05, 3.63) is 0 Å². The molecular formula is C25H52O6S2. The molecule has 0 spiro atoms. The summed E-state index contributed by atoms with van der Waals surface area (Å²) in [7, 11) is -8.25. The molecule has 0 bridgehead atoms. The maximum atomic E-state index is 11.9. The van der Waals surface area contributed by atoms with Gasteiger partial charge >= 0.3 is 0 Å². The van der Waals surface area contributed by atoms with Crippen molar-refractivity contribution < 1.29 is 25.2 Å². The van der Waals surface area contributed by atoms with Crippen LogP contribution in [-0.2, 0) is 28.6 Å². The molecule has 0 amide bonds. The summed E-state index contributed by atoms with van der Waals surface area (Å²) in [5, 5.41) is -1.10. The Kier molecular flexibility index (Phi) is 22.2. The van der Waals surface area contributed by atoms with E-state index in [0.717, 1.165) is 38.5 Å². The lowest BCUT2D eigenvalue weighted by Crippen LogP contribution is -2.21. The zero-order chi connectivity index (χ0) is 24.7. The second-order valence-electron chi connectivity index (χ2n) is 9.24. The molecule has 0 radical (unpaired) electrons. The lowest BCUT2D eigenvalue weighted by atomic mass is 10.1. The Labute approximate surface area is 205 Å². The molecule has 0 fully saturated rings. The van der Waals surface area contributed by atoms with Crippen molar-refractivity contribution in [2.45, 2.75) is 142 Å². The summed E-state index contributed by atoms with van der Waals surface area (Å²) in [5.74, 6) is 0. The van der Waals surface area contributed by atoms with Gasteiger partial charge in [0.15, 0.2) is 0 Å². The van der Waals surface area contributed by atoms with E-state index < -0.39 is 25.3 Å². The van der Waals surface area contributed by atoms with Gasteiger partial charge in [-0.25, -0.2) is 0 Å². The third kappa shape index (κ3) is 24.7. The van der Waals surface area contributed by atoms with Gasteiger partial charge < -0.3 is 0 Å². The van der Waals surface area contributed by atoms with Crippen molar-refractivity contribution in [1.82, 2.24) is 0 Å². The average Bonchev–Trinajstić information content (AvgIpc) is 2.75. The maximum absolute atomic E-state index is 11.9. The van der Waals surface area contributed by atoms with Crippen LogP contribution in [0.15, 0.2) is 0 Å². The molecule has 0 rings (SSSR count). The van der Waals surface area contributed by atoms with E-state index >= 15 is 0 Å². The molecule has 8 heteroatoms. The number of unbranched alkanes of at least 4 members (excludes halogenated alkanes) is 18. The molecule has 0 unspecified atom stereocenters. The highest BCUT2D eigenvalue weighted by Crippen LogP contribution is 2.13. The number of rotatable bonds is 26. The molecule has 0 aromatic heterocycles. The van der Waals surface area contributed by atoms with Crippen molar-refractivity contribution >= 4 is 20.2 Å². The fraction of sp³-hybridized carbons (Fsp3) is 1.00. The Morgan fingerprint density at radius 2 is 0.636 bits per heavy atom. The van der Waals surface area contributed by atoms with Gasteiger partial charge in [0.1, 0.15) is 0 Å². The molecule has 33 heavy (non-hydrogen) atoms. The molecule has 0 heterocycles. The van der Waals surface area contributed by atoms with Crippen LogP contribution in [0.3, 0.4) is 0 Å². The zero-order valence-corrected chi connectivity index (χ0v) is 23.2. The Morgan fingerprint density at radius 3 is 0.909 bits per heavy atom. The van der Waals surface area contributed by atoms with E-state index in [1.54, 1.807) is 0 Å². The minimum Gasteiger partial charge on any atom is -0.269 e. The molecule has 0 N–H and O–H groups in total. The van der Waals surface area contributed by atoms with Crippen LogP contribution < -0.4 is 0 Å². The summed E-state index contributed by atoms with van der Waals surface area (Å²) >= 11 is 0. The van der Waals surface area contributed by atoms with Crippen LogP contribution in [0, 0.1) is 0 Å². The fourth-order valence-electron chi connectivity index (χ4n) is 3.80. The molecule has 0 aromatic carbocycles. The molecule has 0 aliphatic rings. The van der Waals surface area contributed by atoms with Crippen LogP contribution in [0.5, 0.6) is 0 Å². The average molecular weight is 513 g/mol. The fourth-order valence-corrected chi connectivity index (χ4v) is 6.50. The van der Waals surface area contributed by atoms with Crippen molar-refractivity contribution in [3.63, 3.8) is 0 Å². The van der Waals surface area contributed by atoms with E-state index in [2.05, 4.69) is 13.8 Å². The summed E-state index contributed by atoms with van der Waals surface area (Å²) in [4.78, 5) is 0. The van der Waals surface area contributed by atoms with E-state index in [1.165, 1.54) is 77.0 Å². The van der Waals surface area contributed by atoms with Gasteiger partial charge in [0.05, 0.1) is 13.2 Å². The Morgan fingerprint density at radius 1 is 0.394 bits per heavy atom. The summed E-state index contributed by atoms with van der Waals surface area (Å²) in [6, 6.07) is 0. The van der Waals surface area contributed by atoms with Gasteiger partial charge in [0.25, 0.3) is 20.2 Å². The normalized spacial score (nSPS) is 12.4. The van der Waals surface area contributed by atoms with Crippen LogP contribution >= 0.6 is 0 Å². The largest absolute Gasteiger partial charge is 0.284 e. The minimum absolute atomic E-state index is 0.0345. The van der Waals surface area contributed by atoms with Gasteiger partial charge in [-0.1, -0.05) is 129 Å². The molecule has 6 nitrogen and oxygen atoms in total. The number of hydrogen-bond acceptors (Lipinski definition) is 6. The van der Waals surface area contributed by atoms with Crippen LogP contribution in [0.4, 0.5) is 0 Å². The second kappa shape index (κ2) is 22.3. The minimum atomic E-state index is -4.13. The van der Waals surface area contributed by atoms with Gasteiger partial charge in [-0.2, -0.15) is 16.8 Å². The highest BCUT2D eigenvalue weighted by molar-refractivity contribution is 8.03. The summed E-state index contributed by atoms with van der Waals surface area (Å²) in [5.41, 5.74) is 0. The third-order valence-corrected chi connectivity index (χ3v) is 9.17. The second-order valence-corrected chi connectivity index (χ2v) is 12.9. The first-order chi connectivity index (χ1) is 15.8. The standard InChI is InChI=1S/C25H52O6S2/c1-3-5-7-9-11-13-15-17-19-21-23-30-32(26,27)25-33(28,29)31-24-22-20-18-16-14-12-10-8-6-4-2/h3-25H2,1-2H3. The van der Waals surface area contributed by atoms with E-state index in [1.807, 2.05) is 0 Å². The molecule has 0 atom stereocenters. The van der Waals surface area contributed by atoms with Crippen LogP contribution in [0.1, 0.15) is 142 Å². The molecule has 0 saturated carbocycles. The topological polar surface area (TPSA) is 86.7 Å². The maximum Gasteiger partial charge on any atom is 0.284 e. The predicted molar refractivity (Wildman–Crippen MR) is 138 cm³/mol. The summed E-state index contributed by atoms with van der Waals surface area (Å²) < 4.78 is 57.4. The zero-order valence-electron chi connectivity index (χ0n) is 21.5.